The monoisotopic (exact) mass is 238 g/mol. The van der Waals surface area contributed by atoms with Gasteiger partial charge in [-0.15, -0.1) is 0 Å². The van der Waals surface area contributed by atoms with Crippen molar-refractivity contribution >= 4 is 23.4 Å². The zero-order valence-corrected chi connectivity index (χ0v) is 10.3. The molecule has 0 heterocycles. The third-order valence-electron chi connectivity index (χ3n) is 2.29. The first-order valence-corrected chi connectivity index (χ1v) is 5.32. The minimum absolute atomic E-state index is 0.0176. The summed E-state index contributed by atoms with van der Waals surface area (Å²) >= 11 is 4.76. The minimum atomic E-state index is -0.270. The minimum Gasteiger partial charge on any atom is -0.493 e. The van der Waals surface area contributed by atoms with Gasteiger partial charge in [0.15, 0.2) is 17.3 Å². The van der Waals surface area contributed by atoms with Crippen molar-refractivity contribution in [3.63, 3.8) is 0 Å². The Bertz CT molecular complexity index is 401. The van der Waals surface area contributed by atoms with E-state index in [1.807, 2.05) is 0 Å². The molecule has 4 heteroatoms. The molecule has 1 unspecified atom stereocenters. The quantitative estimate of drug-likeness (QED) is 0.583. The highest BCUT2D eigenvalue weighted by Crippen LogP contribution is 2.28. The van der Waals surface area contributed by atoms with Crippen LogP contribution in [0.3, 0.4) is 0 Å². The largest absolute Gasteiger partial charge is 0.493 e. The van der Waals surface area contributed by atoms with Gasteiger partial charge in [-0.2, -0.15) is 0 Å². The Balaban J connectivity index is 3.08. The Hall–Kier alpha value is -1.42. The van der Waals surface area contributed by atoms with Gasteiger partial charge in [0.2, 0.25) is 0 Å². The maximum atomic E-state index is 11.8. The first-order valence-electron chi connectivity index (χ1n) is 4.85. The molecule has 1 aromatic carbocycles. The van der Waals surface area contributed by atoms with Crippen molar-refractivity contribution in [2.45, 2.75) is 6.92 Å². The van der Waals surface area contributed by atoms with E-state index >= 15 is 0 Å². The average molecular weight is 238 g/mol. The normalized spacial score (nSPS) is 11.7. The van der Waals surface area contributed by atoms with Crippen LogP contribution in [-0.4, -0.2) is 25.4 Å². The van der Waals surface area contributed by atoms with Gasteiger partial charge >= 0.3 is 0 Å². The molecule has 1 atom stereocenters. The Morgan fingerprint density at radius 2 is 1.94 bits per heavy atom. The Morgan fingerprint density at radius 1 is 1.31 bits per heavy atom. The summed E-state index contributed by atoms with van der Waals surface area (Å²) in [5, 5.41) is 1.46. The number of methoxy groups -OCH3 is 2. The highest BCUT2D eigenvalue weighted by molar-refractivity contribution is 7.79. The molecule has 0 saturated carbocycles. The fourth-order valence-corrected chi connectivity index (χ4v) is 1.44. The van der Waals surface area contributed by atoms with Gasteiger partial charge in [-0.05, 0) is 23.6 Å². The van der Waals surface area contributed by atoms with Crippen molar-refractivity contribution in [1.29, 1.82) is 0 Å². The summed E-state index contributed by atoms with van der Waals surface area (Å²) in [7, 11) is 3.09. The lowest BCUT2D eigenvalue weighted by molar-refractivity contribution is 0.0964. The van der Waals surface area contributed by atoms with Crippen LogP contribution < -0.4 is 9.47 Å². The van der Waals surface area contributed by atoms with E-state index < -0.39 is 0 Å². The van der Waals surface area contributed by atoms with E-state index in [0.29, 0.717) is 17.1 Å². The number of hydrogen-bond donors (Lipinski definition) is 0. The summed E-state index contributed by atoms with van der Waals surface area (Å²) in [6.07, 6.45) is 0. The first kappa shape index (κ1) is 12.6. The van der Waals surface area contributed by atoms with Gasteiger partial charge in [-0.3, -0.25) is 4.79 Å². The second-order valence-corrected chi connectivity index (χ2v) is 3.63. The molecule has 0 amide bonds. The molecule has 0 fully saturated rings. The van der Waals surface area contributed by atoms with Gasteiger partial charge in [0, 0.05) is 11.5 Å². The van der Waals surface area contributed by atoms with E-state index in [2.05, 4.69) is 0 Å². The standard InChI is InChI=1S/C12H14O3S/c1-8(7-16)12(13)9-4-5-10(14-2)11(6-9)15-3/h4-8H,1-3H3. The maximum absolute atomic E-state index is 11.8. The highest BCUT2D eigenvalue weighted by Gasteiger charge is 2.14. The van der Waals surface area contributed by atoms with Crippen molar-refractivity contribution in [3.05, 3.63) is 23.8 Å². The Kier molecular flexibility index (Phi) is 4.43. The number of ether oxygens (including phenoxy) is 2. The van der Waals surface area contributed by atoms with E-state index in [1.165, 1.54) is 12.5 Å². The van der Waals surface area contributed by atoms with Crippen molar-refractivity contribution in [3.8, 4) is 11.5 Å². The molecule has 16 heavy (non-hydrogen) atoms. The van der Waals surface area contributed by atoms with E-state index in [4.69, 9.17) is 21.7 Å². The molecule has 0 N–H and O–H groups in total. The smallest absolute Gasteiger partial charge is 0.170 e. The van der Waals surface area contributed by atoms with E-state index in [0.717, 1.165) is 0 Å². The molecule has 0 radical (unpaired) electrons. The zero-order valence-electron chi connectivity index (χ0n) is 9.52. The number of ketones is 1. The molecule has 0 spiro atoms. The topological polar surface area (TPSA) is 35.5 Å². The predicted molar refractivity (Wildman–Crippen MR) is 66.7 cm³/mol. The van der Waals surface area contributed by atoms with E-state index in [9.17, 15) is 4.79 Å². The number of thiocarbonyl (C=S) groups is 1. The summed E-state index contributed by atoms with van der Waals surface area (Å²) < 4.78 is 10.2. The number of hydrogen-bond acceptors (Lipinski definition) is 4. The van der Waals surface area contributed by atoms with Gasteiger partial charge in [0.25, 0.3) is 0 Å². The molecule has 86 valence electrons. The molecule has 0 bridgehead atoms. The van der Waals surface area contributed by atoms with Crippen molar-refractivity contribution < 1.29 is 14.3 Å². The second kappa shape index (κ2) is 5.61. The molecule has 3 nitrogen and oxygen atoms in total. The molecular formula is C12H14O3S. The van der Waals surface area contributed by atoms with Crippen molar-refractivity contribution in [2.75, 3.05) is 14.2 Å². The summed E-state index contributed by atoms with van der Waals surface area (Å²) in [5.41, 5.74) is 0.575. The zero-order chi connectivity index (χ0) is 12.1. The van der Waals surface area contributed by atoms with Crippen LogP contribution in [-0.2, 0) is 0 Å². The summed E-state index contributed by atoms with van der Waals surface area (Å²) in [6.45, 7) is 1.77. The number of benzene rings is 1. The molecule has 1 rings (SSSR count). The van der Waals surface area contributed by atoms with Gasteiger partial charge < -0.3 is 9.47 Å². The maximum Gasteiger partial charge on any atom is 0.170 e. The summed E-state index contributed by atoms with van der Waals surface area (Å²) in [4.78, 5) is 11.8. The van der Waals surface area contributed by atoms with Gasteiger partial charge in [-0.25, -0.2) is 0 Å². The lowest BCUT2D eigenvalue weighted by Gasteiger charge is -2.10. The molecule has 0 aromatic heterocycles. The molecule has 0 aliphatic carbocycles. The first-order chi connectivity index (χ1) is 7.63. The van der Waals surface area contributed by atoms with Crippen LogP contribution in [0.25, 0.3) is 0 Å². The molecule has 0 aliphatic heterocycles. The van der Waals surface area contributed by atoms with Crippen LogP contribution in [0, 0.1) is 5.92 Å². The Labute approximate surface area is 100 Å². The predicted octanol–water partition coefficient (Wildman–Crippen LogP) is 2.52. The van der Waals surface area contributed by atoms with Crippen LogP contribution in [0.4, 0.5) is 0 Å². The molecule has 1 aromatic rings. The Morgan fingerprint density at radius 3 is 2.44 bits per heavy atom. The highest BCUT2D eigenvalue weighted by atomic mass is 32.1. The molecular weight excluding hydrogens is 224 g/mol. The van der Waals surface area contributed by atoms with Gasteiger partial charge in [0.1, 0.15) is 0 Å². The molecule has 0 saturated heterocycles. The number of rotatable bonds is 5. The fourth-order valence-electron chi connectivity index (χ4n) is 1.31. The average Bonchev–Trinajstić information content (AvgIpc) is 2.35. The molecule has 0 aliphatic rings. The number of carbonyl (C=O) groups is 1. The summed E-state index contributed by atoms with van der Waals surface area (Å²) in [6, 6.07) is 5.08. The van der Waals surface area contributed by atoms with Crippen LogP contribution in [0.15, 0.2) is 18.2 Å². The fraction of sp³-hybridized carbons (Fsp3) is 0.333. The SMILES string of the molecule is COc1ccc(C(=O)C(C)C=S)cc1OC. The summed E-state index contributed by atoms with van der Waals surface area (Å²) in [5.74, 6) is 0.864. The van der Waals surface area contributed by atoms with Crippen LogP contribution in [0.5, 0.6) is 11.5 Å². The van der Waals surface area contributed by atoms with Crippen molar-refractivity contribution in [1.82, 2.24) is 0 Å². The second-order valence-electron chi connectivity index (χ2n) is 3.36. The third kappa shape index (κ3) is 2.58. The number of carbonyl (C=O) groups excluding carboxylic acids is 1. The number of Topliss-reactive ketones (excluding diaryl/α,β-unsaturated/α-hetero) is 1. The van der Waals surface area contributed by atoms with Crippen molar-refractivity contribution in [2.24, 2.45) is 5.92 Å². The van der Waals surface area contributed by atoms with Crippen LogP contribution in [0.1, 0.15) is 17.3 Å². The third-order valence-corrected chi connectivity index (χ3v) is 2.69. The van der Waals surface area contributed by atoms with E-state index in [1.54, 1.807) is 32.2 Å². The van der Waals surface area contributed by atoms with Crippen LogP contribution >= 0.6 is 12.2 Å². The van der Waals surface area contributed by atoms with E-state index in [-0.39, 0.29) is 11.7 Å². The van der Waals surface area contributed by atoms with Crippen LogP contribution in [0.2, 0.25) is 0 Å². The van der Waals surface area contributed by atoms with Gasteiger partial charge in [-0.1, -0.05) is 19.1 Å². The lowest BCUT2D eigenvalue weighted by atomic mass is 10.0. The van der Waals surface area contributed by atoms with Gasteiger partial charge in [0.05, 0.1) is 14.2 Å². The lowest BCUT2D eigenvalue weighted by Crippen LogP contribution is -2.11.